The van der Waals surface area contributed by atoms with Crippen molar-refractivity contribution in [2.24, 2.45) is 5.92 Å². The van der Waals surface area contributed by atoms with Gasteiger partial charge in [0.1, 0.15) is 11.1 Å². The molecule has 11 nitrogen and oxygen atoms in total. The number of carbonyl (C=O) groups excluding carboxylic acids is 5. The molecular formula is C56H99N3O8S. The van der Waals surface area contributed by atoms with E-state index in [0.717, 1.165) is 87.6 Å². The predicted octanol–water partition coefficient (Wildman–Crippen LogP) is 14.3. The summed E-state index contributed by atoms with van der Waals surface area (Å²) >= 11 is 1.35. The summed E-state index contributed by atoms with van der Waals surface area (Å²) in [4.78, 5) is 71.2. The Hall–Kier alpha value is -2.99. The van der Waals surface area contributed by atoms with E-state index in [1.807, 2.05) is 23.9 Å². The standard InChI is InChI=1S/C56H99N3O8S/c1-7-11-15-19-21-25-34-46(33-24-17-13-9-3)55(63)65-43-31-23-28-38-51(61)59-42-40-48-49(45-59)68-54(53(48)56(64)66-44-32-41-58(5)6)57-50(60)37-29-30-39-52(62)67-47(35-26-18-14-10-4)36-27-22-20-16-12-8-2/h46-47H,7-45H2,1-6H3,(H,57,60). The smallest absolute Gasteiger partial charge is 0.341 e. The summed E-state index contributed by atoms with van der Waals surface area (Å²) in [6.45, 7) is 11.2. The van der Waals surface area contributed by atoms with Crippen LogP contribution in [0, 0.1) is 5.92 Å². The van der Waals surface area contributed by atoms with Gasteiger partial charge in [-0.2, -0.15) is 0 Å². The number of amides is 2. The van der Waals surface area contributed by atoms with Crippen LogP contribution in [-0.2, 0) is 46.4 Å². The average molecular weight is 974 g/mol. The van der Waals surface area contributed by atoms with Gasteiger partial charge in [0, 0.05) is 37.2 Å². The van der Waals surface area contributed by atoms with Gasteiger partial charge in [0.2, 0.25) is 11.8 Å². The lowest BCUT2D eigenvalue weighted by Crippen LogP contribution is -2.35. The molecule has 12 heteroatoms. The van der Waals surface area contributed by atoms with E-state index >= 15 is 0 Å². The highest BCUT2D eigenvalue weighted by atomic mass is 32.1. The zero-order chi connectivity index (χ0) is 49.6. The van der Waals surface area contributed by atoms with E-state index in [-0.39, 0.29) is 55.2 Å². The monoisotopic (exact) mass is 974 g/mol. The van der Waals surface area contributed by atoms with Crippen LogP contribution in [0.5, 0.6) is 0 Å². The average Bonchev–Trinajstić information content (AvgIpc) is 3.68. The number of nitrogens with zero attached hydrogens (tertiary/aromatic N) is 2. The van der Waals surface area contributed by atoms with Crippen LogP contribution in [0.1, 0.15) is 260 Å². The van der Waals surface area contributed by atoms with Crippen molar-refractivity contribution in [3.8, 4) is 0 Å². The fourth-order valence-corrected chi connectivity index (χ4v) is 10.4. The SMILES string of the molecule is CCCCCCCCC(CCCCCC)OC(=O)CCCCC(=O)Nc1sc2c(c1C(=O)OCCCN(C)C)CCN(C(=O)CCCCCOC(=O)C(CCCCCC)CCCCCCCC)C2. The molecule has 2 heterocycles. The summed E-state index contributed by atoms with van der Waals surface area (Å²) in [6, 6.07) is 0. The number of fused-ring (bicyclic) bond motifs is 1. The predicted molar refractivity (Wildman–Crippen MR) is 280 cm³/mol. The van der Waals surface area contributed by atoms with E-state index in [1.165, 1.54) is 108 Å². The lowest BCUT2D eigenvalue weighted by molar-refractivity contribution is -0.150. The molecule has 2 unspecified atom stereocenters. The van der Waals surface area contributed by atoms with Crippen molar-refractivity contribution in [3.63, 3.8) is 0 Å². The lowest BCUT2D eigenvalue weighted by atomic mass is 9.94. The molecule has 0 bridgehead atoms. The number of carbonyl (C=O) groups is 5. The topological polar surface area (TPSA) is 132 Å². The second-order valence-corrected chi connectivity index (χ2v) is 21.0. The van der Waals surface area contributed by atoms with Crippen LogP contribution in [0.15, 0.2) is 0 Å². The van der Waals surface area contributed by atoms with E-state index in [1.54, 1.807) is 0 Å². The Balaban J connectivity index is 1.91. The number of hydrogen-bond donors (Lipinski definition) is 1. The van der Waals surface area contributed by atoms with E-state index in [4.69, 9.17) is 14.2 Å². The third-order valence-electron chi connectivity index (χ3n) is 13.4. The molecule has 2 atom stereocenters. The highest BCUT2D eigenvalue weighted by molar-refractivity contribution is 7.17. The maximum atomic E-state index is 13.6. The van der Waals surface area contributed by atoms with E-state index in [0.29, 0.717) is 68.8 Å². The molecule has 0 aliphatic carbocycles. The molecule has 1 aliphatic rings. The maximum absolute atomic E-state index is 13.6. The lowest BCUT2D eigenvalue weighted by Gasteiger charge is -2.27. The van der Waals surface area contributed by atoms with Gasteiger partial charge in [-0.05, 0) is 103 Å². The molecule has 0 radical (unpaired) electrons. The van der Waals surface area contributed by atoms with Gasteiger partial charge in [0.15, 0.2) is 0 Å². The minimum Gasteiger partial charge on any atom is -0.465 e. The summed E-state index contributed by atoms with van der Waals surface area (Å²) in [5.74, 6) is -0.840. The fourth-order valence-electron chi connectivity index (χ4n) is 9.11. The number of hydrogen-bond acceptors (Lipinski definition) is 10. The molecular weight excluding hydrogens is 875 g/mol. The Labute approximate surface area is 418 Å². The first kappa shape index (κ1) is 61.1. The number of anilines is 1. The van der Waals surface area contributed by atoms with Crippen LogP contribution in [0.4, 0.5) is 5.00 Å². The van der Waals surface area contributed by atoms with Crippen molar-refractivity contribution in [1.82, 2.24) is 9.80 Å². The molecule has 2 amide bonds. The molecule has 1 N–H and O–H groups in total. The van der Waals surface area contributed by atoms with Crippen molar-refractivity contribution in [3.05, 3.63) is 16.0 Å². The minimum atomic E-state index is -0.449. The minimum absolute atomic E-state index is 0.00942. The molecule has 0 saturated carbocycles. The third-order valence-corrected chi connectivity index (χ3v) is 14.5. The van der Waals surface area contributed by atoms with Gasteiger partial charge >= 0.3 is 17.9 Å². The van der Waals surface area contributed by atoms with Crippen molar-refractivity contribution < 1.29 is 38.2 Å². The number of unbranched alkanes of at least 4 members (excludes halogenated alkanes) is 19. The van der Waals surface area contributed by atoms with Crippen molar-refractivity contribution >= 4 is 46.1 Å². The van der Waals surface area contributed by atoms with Gasteiger partial charge in [-0.15, -0.1) is 11.3 Å². The number of thiophene rings is 1. The molecule has 0 fully saturated rings. The van der Waals surface area contributed by atoms with Crippen LogP contribution < -0.4 is 5.32 Å². The largest absolute Gasteiger partial charge is 0.465 e. The number of nitrogens with one attached hydrogen (secondary N) is 1. The molecule has 2 rings (SSSR count). The summed E-state index contributed by atoms with van der Waals surface area (Å²) in [6.07, 6.45) is 32.9. The quantitative estimate of drug-likeness (QED) is 0.0386. The molecule has 68 heavy (non-hydrogen) atoms. The molecule has 1 aliphatic heterocycles. The summed E-state index contributed by atoms with van der Waals surface area (Å²) in [5.41, 5.74) is 1.25. The van der Waals surface area contributed by atoms with Gasteiger partial charge in [-0.3, -0.25) is 19.2 Å². The summed E-state index contributed by atoms with van der Waals surface area (Å²) < 4.78 is 17.5. The highest BCUT2D eigenvalue weighted by Crippen LogP contribution is 2.38. The molecule has 0 aromatic carbocycles. The van der Waals surface area contributed by atoms with Crippen LogP contribution in [-0.4, -0.2) is 86.0 Å². The molecule has 1 aromatic rings. The van der Waals surface area contributed by atoms with Crippen molar-refractivity contribution in [2.45, 2.75) is 259 Å². The second-order valence-electron chi connectivity index (χ2n) is 19.9. The number of esters is 3. The van der Waals surface area contributed by atoms with Crippen LogP contribution in [0.3, 0.4) is 0 Å². The Morgan fingerprint density at radius 2 is 1.12 bits per heavy atom. The van der Waals surface area contributed by atoms with Crippen LogP contribution >= 0.6 is 11.3 Å². The maximum Gasteiger partial charge on any atom is 0.341 e. The van der Waals surface area contributed by atoms with Crippen molar-refractivity contribution in [2.75, 3.05) is 45.7 Å². The first-order valence-corrected chi connectivity index (χ1v) is 28.8. The van der Waals surface area contributed by atoms with Gasteiger partial charge in [0.25, 0.3) is 0 Å². The third kappa shape index (κ3) is 28.0. The van der Waals surface area contributed by atoms with Gasteiger partial charge < -0.3 is 29.3 Å². The fraction of sp³-hybridized carbons (Fsp3) is 0.839. The molecule has 392 valence electrons. The first-order valence-electron chi connectivity index (χ1n) is 27.9. The van der Waals surface area contributed by atoms with Crippen molar-refractivity contribution in [1.29, 1.82) is 0 Å². The summed E-state index contributed by atoms with van der Waals surface area (Å²) in [5, 5.41) is 3.48. The Bertz CT molecular complexity index is 1510. The normalized spacial score (nSPS) is 13.3. The van der Waals surface area contributed by atoms with Gasteiger partial charge in [-0.25, -0.2) is 4.79 Å². The summed E-state index contributed by atoms with van der Waals surface area (Å²) in [7, 11) is 3.95. The van der Waals surface area contributed by atoms with E-state index in [9.17, 15) is 24.0 Å². The first-order chi connectivity index (χ1) is 33.0. The Morgan fingerprint density at radius 1 is 0.603 bits per heavy atom. The van der Waals surface area contributed by atoms with Gasteiger partial charge in [-0.1, -0.05) is 143 Å². The second kappa shape index (κ2) is 39.7. The molecule has 0 saturated heterocycles. The zero-order valence-corrected chi connectivity index (χ0v) is 45.1. The molecule has 0 spiro atoms. The van der Waals surface area contributed by atoms with E-state index < -0.39 is 5.97 Å². The van der Waals surface area contributed by atoms with E-state index in [2.05, 4.69) is 33.0 Å². The molecule has 1 aromatic heterocycles. The van der Waals surface area contributed by atoms with Crippen LogP contribution in [0.25, 0.3) is 0 Å². The zero-order valence-electron chi connectivity index (χ0n) is 44.3. The van der Waals surface area contributed by atoms with Gasteiger partial charge in [0.05, 0.1) is 31.2 Å². The number of ether oxygens (including phenoxy) is 3. The Morgan fingerprint density at radius 3 is 1.72 bits per heavy atom. The van der Waals surface area contributed by atoms with Crippen LogP contribution in [0.2, 0.25) is 0 Å². The Kier molecular flexibility index (Phi) is 35.7. The highest BCUT2D eigenvalue weighted by Gasteiger charge is 2.31. The number of rotatable bonds is 43.